The number of fused-ring (bicyclic) bond motifs is 1. The van der Waals surface area contributed by atoms with Crippen molar-refractivity contribution in [2.75, 3.05) is 0 Å². The summed E-state index contributed by atoms with van der Waals surface area (Å²) >= 11 is 0. The van der Waals surface area contributed by atoms with Crippen molar-refractivity contribution in [1.29, 1.82) is 0 Å². The Morgan fingerprint density at radius 1 is 0.256 bits per heavy atom. The van der Waals surface area contributed by atoms with Crippen LogP contribution in [-0.4, -0.2) is 6.10 Å². The largest absolute Gasteiger partial charge is 0.489 e. The summed E-state index contributed by atoms with van der Waals surface area (Å²) in [5, 5.41) is 0. The fourth-order valence-electron chi connectivity index (χ4n) is 10.5. The predicted molar refractivity (Wildman–Crippen MR) is 335 cm³/mol. The molecule has 428 valence electrons. The van der Waals surface area contributed by atoms with Gasteiger partial charge in [-0.25, -0.2) is 0 Å². The predicted octanol–water partition coefficient (Wildman–Crippen LogP) is 17.6. The molecule has 3 atom stereocenters. The fraction of sp³-hybridized carbons (Fsp3) is 0.143. The molecule has 11 aromatic carbocycles. The fourth-order valence-corrected chi connectivity index (χ4v) is 10.5. The number of benzene rings is 11. The van der Waals surface area contributed by atoms with Gasteiger partial charge >= 0.3 is 0 Å². The maximum atomic E-state index is 7.61. The zero-order valence-corrected chi connectivity index (χ0v) is 47.7. The van der Waals surface area contributed by atoms with Gasteiger partial charge in [-0.15, -0.1) is 0 Å². The number of ether oxygens (including phenoxy) is 9. The lowest BCUT2D eigenvalue weighted by Gasteiger charge is -2.41. The Morgan fingerprint density at radius 2 is 0.558 bits per heavy atom. The molecule has 9 heteroatoms. The third-order valence-electron chi connectivity index (χ3n) is 14.9. The van der Waals surface area contributed by atoms with Crippen LogP contribution >= 0.6 is 0 Å². The van der Waals surface area contributed by atoms with Crippen molar-refractivity contribution in [3.63, 3.8) is 0 Å². The van der Waals surface area contributed by atoms with E-state index in [2.05, 4.69) is 72.8 Å². The Morgan fingerprint density at radius 3 is 0.930 bits per heavy atom. The number of hydrogen-bond acceptors (Lipinski definition) is 9. The first-order chi connectivity index (χ1) is 42.6. The van der Waals surface area contributed by atoms with E-state index < -0.39 is 18.1 Å². The molecule has 12 rings (SSSR count). The van der Waals surface area contributed by atoms with E-state index in [9.17, 15) is 0 Å². The SMILES string of the molecule is c1ccc(COc2cc(OCc3ccccc3)c([C@@H]3c4c(OCc5ccccc5)cc(OCc5ccccc5)cc4O[C@H](c4ccc(OCc5ccccc5)c(OCc5ccccc5)c4)[C@H]3OCc3ccccc3)c(OCc3ccccc3)c2)cc1. The minimum atomic E-state index is -0.817. The van der Waals surface area contributed by atoms with Crippen LogP contribution in [0, 0.1) is 0 Å². The molecule has 0 aliphatic carbocycles. The third-order valence-corrected chi connectivity index (χ3v) is 14.9. The Hall–Kier alpha value is -10.2. The van der Waals surface area contributed by atoms with Crippen molar-refractivity contribution >= 4 is 0 Å². The van der Waals surface area contributed by atoms with Crippen LogP contribution in [-0.2, 0) is 57.6 Å². The van der Waals surface area contributed by atoms with Gasteiger partial charge in [-0.3, -0.25) is 0 Å². The Kier molecular flexibility index (Phi) is 18.6. The van der Waals surface area contributed by atoms with Gasteiger partial charge in [0.05, 0.1) is 12.5 Å². The van der Waals surface area contributed by atoms with E-state index in [-0.39, 0.29) is 26.4 Å². The zero-order chi connectivity index (χ0) is 58.0. The highest BCUT2D eigenvalue weighted by atomic mass is 16.6. The first-order valence-electron chi connectivity index (χ1n) is 29.1. The standard InChI is InChI=1S/C77H66O9/c1-9-25-56(26-10-1)48-78-65-44-69(82-52-60-33-17-5-18-34-60)73(70(45-65)83-53-61-35-19-6-20-36-61)75-74-71(84-54-62-37-21-7-22-38-62)46-66(79-49-57-27-11-2-12-28-57)47-72(74)86-76(77(75)85-55-63-39-23-8-24-40-63)64-41-42-67(80-50-58-29-13-3-14-30-58)68(43-64)81-51-59-31-15-4-16-32-59/h1-47,75-77H,48-55H2/t75-,76-,77+/m1/s1. The number of rotatable bonds is 26. The van der Waals surface area contributed by atoms with Crippen LogP contribution < -0.4 is 37.9 Å². The molecule has 0 radical (unpaired) electrons. The van der Waals surface area contributed by atoms with E-state index in [1.807, 2.05) is 212 Å². The van der Waals surface area contributed by atoms with Gasteiger partial charge < -0.3 is 42.6 Å². The van der Waals surface area contributed by atoms with E-state index >= 15 is 0 Å². The van der Waals surface area contributed by atoms with Gasteiger partial charge in [-0.2, -0.15) is 0 Å². The molecule has 0 unspecified atom stereocenters. The first kappa shape index (κ1) is 56.3. The summed E-state index contributed by atoms with van der Waals surface area (Å²) in [5.41, 5.74) is 10.2. The van der Waals surface area contributed by atoms with Gasteiger partial charge in [-0.05, 0) is 62.2 Å². The molecule has 9 nitrogen and oxygen atoms in total. The van der Waals surface area contributed by atoms with Crippen LogP contribution in [0.4, 0.5) is 0 Å². The molecular weight excluding hydrogens is 1070 g/mol. The Labute approximate surface area is 503 Å². The van der Waals surface area contributed by atoms with E-state index in [1.54, 1.807) is 0 Å². The van der Waals surface area contributed by atoms with Crippen LogP contribution in [0.25, 0.3) is 0 Å². The minimum absolute atomic E-state index is 0.226. The molecule has 0 spiro atoms. The van der Waals surface area contributed by atoms with Crippen LogP contribution in [0.15, 0.2) is 285 Å². The lowest BCUT2D eigenvalue weighted by molar-refractivity contribution is -0.0577. The first-order valence-corrected chi connectivity index (χ1v) is 29.1. The van der Waals surface area contributed by atoms with Gasteiger partial charge in [0.25, 0.3) is 0 Å². The molecule has 0 bridgehead atoms. The van der Waals surface area contributed by atoms with E-state index in [0.29, 0.717) is 78.0 Å². The lowest BCUT2D eigenvalue weighted by Crippen LogP contribution is -2.38. The van der Waals surface area contributed by atoms with Gasteiger partial charge in [0.1, 0.15) is 86.8 Å². The molecule has 1 aliphatic heterocycles. The Balaban J connectivity index is 1.08. The molecule has 0 N–H and O–H groups in total. The van der Waals surface area contributed by atoms with Crippen molar-refractivity contribution in [1.82, 2.24) is 0 Å². The minimum Gasteiger partial charge on any atom is -0.489 e. The molecule has 1 heterocycles. The normalized spacial score (nSPS) is 14.2. The van der Waals surface area contributed by atoms with E-state index in [4.69, 9.17) is 42.6 Å². The topological polar surface area (TPSA) is 83.1 Å². The molecular formula is C77H66O9. The van der Waals surface area contributed by atoms with Crippen LogP contribution in [0.1, 0.15) is 73.2 Å². The van der Waals surface area contributed by atoms with Crippen molar-refractivity contribution in [2.24, 2.45) is 0 Å². The van der Waals surface area contributed by atoms with Crippen molar-refractivity contribution in [3.8, 4) is 46.0 Å². The Bertz CT molecular complexity index is 3790. The second kappa shape index (κ2) is 28.4. The monoisotopic (exact) mass is 1130 g/mol. The molecule has 0 saturated heterocycles. The van der Waals surface area contributed by atoms with E-state index in [0.717, 1.165) is 55.6 Å². The highest BCUT2D eigenvalue weighted by molar-refractivity contribution is 5.64. The summed E-state index contributed by atoms with van der Waals surface area (Å²) < 4.78 is 63.7. The number of hydrogen-bond donors (Lipinski definition) is 0. The summed E-state index contributed by atoms with van der Waals surface area (Å²) in [5.74, 6) is 3.63. The summed E-state index contributed by atoms with van der Waals surface area (Å²) in [6.07, 6.45) is -1.63. The lowest BCUT2D eigenvalue weighted by atomic mass is 9.78. The zero-order valence-electron chi connectivity index (χ0n) is 47.7. The average molecular weight is 1140 g/mol. The van der Waals surface area contributed by atoms with Crippen LogP contribution in [0.3, 0.4) is 0 Å². The quantitative estimate of drug-likeness (QED) is 0.0526. The molecule has 11 aromatic rings. The molecule has 86 heavy (non-hydrogen) atoms. The summed E-state index contributed by atoms with van der Waals surface area (Å²) in [4.78, 5) is 0. The van der Waals surface area contributed by atoms with Crippen molar-refractivity contribution in [3.05, 3.63) is 346 Å². The molecule has 1 aliphatic rings. The van der Waals surface area contributed by atoms with Gasteiger partial charge in [0, 0.05) is 35.4 Å². The second-order valence-corrected chi connectivity index (χ2v) is 21.1. The average Bonchev–Trinajstić information content (AvgIpc) is 0.896. The van der Waals surface area contributed by atoms with Crippen molar-refractivity contribution in [2.45, 2.75) is 71.0 Å². The smallest absolute Gasteiger partial charge is 0.162 e. The summed E-state index contributed by atoms with van der Waals surface area (Å²) in [6.45, 7) is 2.19. The molecule has 0 amide bonds. The molecule has 0 aromatic heterocycles. The summed E-state index contributed by atoms with van der Waals surface area (Å²) in [6, 6.07) is 95.1. The van der Waals surface area contributed by atoms with E-state index in [1.165, 1.54) is 0 Å². The van der Waals surface area contributed by atoms with Crippen LogP contribution in [0.5, 0.6) is 46.0 Å². The van der Waals surface area contributed by atoms with Gasteiger partial charge in [-0.1, -0.05) is 249 Å². The highest BCUT2D eigenvalue weighted by Crippen LogP contribution is 2.57. The van der Waals surface area contributed by atoms with Gasteiger partial charge in [0.15, 0.2) is 17.6 Å². The van der Waals surface area contributed by atoms with Gasteiger partial charge in [0.2, 0.25) is 0 Å². The maximum absolute atomic E-state index is 7.61. The second-order valence-electron chi connectivity index (χ2n) is 21.1. The van der Waals surface area contributed by atoms with Crippen molar-refractivity contribution < 1.29 is 42.6 Å². The highest BCUT2D eigenvalue weighted by Gasteiger charge is 2.46. The molecule has 0 fully saturated rings. The maximum Gasteiger partial charge on any atom is 0.162 e. The molecule has 0 saturated carbocycles. The summed E-state index contributed by atoms with van der Waals surface area (Å²) in [7, 11) is 0. The van der Waals surface area contributed by atoms with Crippen LogP contribution in [0.2, 0.25) is 0 Å². The third kappa shape index (κ3) is 14.7.